The molecule has 0 radical (unpaired) electrons. The van der Waals surface area contributed by atoms with E-state index in [0.29, 0.717) is 16.8 Å². The van der Waals surface area contributed by atoms with Crippen molar-refractivity contribution in [3.05, 3.63) is 23.2 Å². The molecule has 1 aromatic carbocycles. The number of hydrogen-bond acceptors (Lipinski definition) is 3. The highest BCUT2D eigenvalue weighted by atomic mass is 35.5. The minimum absolute atomic E-state index is 0.325. The molecular weight excluding hydrogens is 296 g/mol. The molecule has 4 nitrogen and oxygen atoms in total. The van der Waals surface area contributed by atoms with Crippen LogP contribution in [0.3, 0.4) is 0 Å². The van der Waals surface area contributed by atoms with Crippen molar-refractivity contribution in [2.45, 2.75) is 38.6 Å². The van der Waals surface area contributed by atoms with Gasteiger partial charge in [0.05, 0.1) is 22.7 Å². The third-order valence-corrected chi connectivity index (χ3v) is 4.52. The number of benzene rings is 1. The summed E-state index contributed by atoms with van der Waals surface area (Å²) in [7, 11) is -3.27. The Morgan fingerprint density at radius 1 is 1.40 bits per heavy atom. The van der Waals surface area contributed by atoms with Crippen molar-refractivity contribution in [3.8, 4) is 0 Å². The van der Waals surface area contributed by atoms with E-state index in [0.717, 1.165) is 24.3 Å². The minimum Gasteiger partial charge on any atom is -0.381 e. The zero-order chi connectivity index (χ0) is 14.8. The molecule has 0 heterocycles. The van der Waals surface area contributed by atoms with Gasteiger partial charge in [-0.05, 0) is 37.5 Å². The highest BCUT2D eigenvalue weighted by Gasteiger charge is 2.20. The zero-order valence-corrected chi connectivity index (χ0v) is 13.4. The van der Waals surface area contributed by atoms with Gasteiger partial charge in [0.2, 0.25) is 10.0 Å². The number of rotatable bonds is 6. The number of anilines is 2. The van der Waals surface area contributed by atoms with Crippen LogP contribution >= 0.6 is 11.6 Å². The van der Waals surface area contributed by atoms with Crippen LogP contribution in [0.5, 0.6) is 0 Å². The predicted molar refractivity (Wildman–Crippen MR) is 85.0 cm³/mol. The highest BCUT2D eigenvalue weighted by Crippen LogP contribution is 2.32. The number of hydrogen-bond donors (Lipinski definition) is 2. The van der Waals surface area contributed by atoms with Crippen LogP contribution in [0, 0.1) is 5.92 Å². The first-order valence-corrected chi connectivity index (χ1v) is 9.14. The van der Waals surface area contributed by atoms with Crippen molar-refractivity contribution in [2.75, 3.05) is 16.3 Å². The van der Waals surface area contributed by atoms with Gasteiger partial charge in [0.1, 0.15) is 0 Å². The summed E-state index contributed by atoms with van der Waals surface area (Å²) < 4.78 is 25.0. The molecule has 6 heteroatoms. The molecule has 1 unspecified atom stereocenters. The number of halogens is 1. The fraction of sp³-hybridized carbons (Fsp3) is 0.571. The van der Waals surface area contributed by atoms with E-state index in [1.54, 1.807) is 18.2 Å². The third kappa shape index (κ3) is 4.56. The second kappa shape index (κ2) is 6.22. The van der Waals surface area contributed by atoms with Crippen molar-refractivity contribution in [2.24, 2.45) is 5.92 Å². The Hall–Kier alpha value is -0.940. The monoisotopic (exact) mass is 316 g/mol. The van der Waals surface area contributed by atoms with Gasteiger partial charge < -0.3 is 5.32 Å². The Balaban J connectivity index is 2.03. The van der Waals surface area contributed by atoms with Crippen molar-refractivity contribution >= 4 is 33.0 Å². The lowest BCUT2D eigenvalue weighted by molar-refractivity contribution is 0.286. The van der Waals surface area contributed by atoms with E-state index in [1.807, 2.05) is 0 Å². The van der Waals surface area contributed by atoms with Crippen molar-refractivity contribution in [3.63, 3.8) is 0 Å². The Labute approximate surface area is 126 Å². The highest BCUT2D eigenvalue weighted by molar-refractivity contribution is 7.92. The zero-order valence-electron chi connectivity index (χ0n) is 11.8. The summed E-state index contributed by atoms with van der Waals surface area (Å²) >= 11 is 6.16. The summed E-state index contributed by atoms with van der Waals surface area (Å²) in [6, 6.07) is 5.42. The normalized spacial score (nSPS) is 17.4. The topological polar surface area (TPSA) is 58.2 Å². The second-order valence-electron chi connectivity index (χ2n) is 5.65. The van der Waals surface area contributed by atoms with Crippen LogP contribution in [0.25, 0.3) is 0 Å². The van der Waals surface area contributed by atoms with Gasteiger partial charge in [0.15, 0.2) is 0 Å². The maximum atomic E-state index is 11.2. The van der Waals surface area contributed by atoms with Crippen LogP contribution in [-0.2, 0) is 10.0 Å². The fourth-order valence-electron chi connectivity index (χ4n) is 2.47. The summed E-state index contributed by atoms with van der Waals surface area (Å²) in [4.78, 5) is 0. The molecule has 0 spiro atoms. The van der Waals surface area contributed by atoms with Gasteiger partial charge in [0, 0.05) is 6.04 Å². The standard InChI is InChI=1S/C14H21ClN2O2S/c1-10(8-11-4-3-5-11)16-14-9-12(6-7-13(14)15)17-20(2,18)19/h6-7,9-11,16-17H,3-5,8H2,1-2H3. The molecule has 0 bridgehead atoms. The van der Waals surface area contributed by atoms with E-state index in [1.165, 1.54) is 19.3 Å². The van der Waals surface area contributed by atoms with Crippen molar-refractivity contribution < 1.29 is 8.42 Å². The fourth-order valence-corrected chi connectivity index (χ4v) is 3.19. The Kier molecular flexibility index (Phi) is 4.81. The molecule has 0 aromatic heterocycles. The molecule has 1 fully saturated rings. The van der Waals surface area contributed by atoms with Crippen molar-refractivity contribution in [1.29, 1.82) is 0 Å². The quantitative estimate of drug-likeness (QED) is 0.841. The average Bonchev–Trinajstić information content (AvgIpc) is 2.26. The molecule has 1 aromatic rings. The van der Waals surface area contributed by atoms with Crippen molar-refractivity contribution in [1.82, 2.24) is 0 Å². The van der Waals surface area contributed by atoms with Crippen LogP contribution in [0.15, 0.2) is 18.2 Å². The third-order valence-electron chi connectivity index (χ3n) is 3.58. The lowest BCUT2D eigenvalue weighted by Crippen LogP contribution is -2.23. The largest absolute Gasteiger partial charge is 0.381 e. The molecule has 1 aliphatic rings. The molecule has 2 rings (SSSR count). The second-order valence-corrected chi connectivity index (χ2v) is 7.80. The SMILES string of the molecule is CC(CC1CCC1)Nc1cc(NS(C)(=O)=O)ccc1Cl. The van der Waals surface area contributed by atoms with Crippen LogP contribution < -0.4 is 10.0 Å². The van der Waals surface area contributed by atoms with Crippen LogP contribution in [0.4, 0.5) is 11.4 Å². The van der Waals surface area contributed by atoms with Gasteiger partial charge in [-0.3, -0.25) is 4.72 Å². The number of sulfonamides is 1. The lowest BCUT2D eigenvalue weighted by atomic mass is 9.81. The molecular formula is C14H21ClN2O2S. The minimum atomic E-state index is -3.27. The first-order chi connectivity index (χ1) is 9.33. The van der Waals surface area contributed by atoms with Gasteiger partial charge in [-0.2, -0.15) is 0 Å². The van der Waals surface area contributed by atoms with Gasteiger partial charge in [-0.1, -0.05) is 30.9 Å². The maximum absolute atomic E-state index is 11.2. The predicted octanol–water partition coefficient (Wildman–Crippen LogP) is 3.70. The van der Waals surface area contributed by atoms with E-state index in [2.05, 4.69) is 17.0 Å². The van der Waals surface area contributed by atoms with E-state index in [4.69, 9.17) is 11.6 Å². The van der Waals surface area contributed by atoms with Gasteiger partial charge in [-0.25, -0.2) is 8.42 Å². The average molecular weight is 317 g/mol. The summed E-state index contributed by atoms with van der Waals surface area (Å²) in [5.74, 6) is 0.814. The molecule has 1 atom stereocenters. The first kappa shape index (κ1) is 15.4. The Morgan fingerprint density at radius 3 is 2.65 bits per heavy atom. The molecule has 20 heavy (non-hydrogen) atoms. The summed E-state index contributed by atoms with van der Waals surface area (Å²) in [5.41, 5.74) is 1.29. The first-order valence-electron chi connectivity index (χ1n) is 6.87. The van der Waals surface area contributed by atoms with E-state index >= 15 is 0 Å². The van der Waals surface area contributed by atoms with Gasteiger partial charge >= 0.3 is 0 Å². The lowest BCUT2D eigenvalue weighted by Gasteiger charge is -2.29. The van der Waals surface area contributed by atoms with Gasteiger partial charge in [0.25, 0.3) is 0 Å². The van der Waals surface area contributed by atoms with E-state index in [-0.39, 0.29) is 0 Å². The van der Waals surface area contributed by atoms with Gasteiger partial charge in [-0.15, -0.1) is 0 Å². The smallest absolute Gasteiger partial charge is 0.229 e. The molecule has 0 amide bonds. The summed E-state index contributed by atoms with van der Waals surface area (Å²) in [5, 5.41) is 3.97. The number of nitrogens with one attached hydrogen (secondary N) is 2. The Bertz CT molecular complexity index is 571. The molecule has 112 valence electrons. The van der Waals surface area contributed by atoms with Crippen LogP contribution in [0.1, 0.15) is 32.6 Å². The summed E-state index contributed by atoms with van der Waals surface area (Å²) in [6.07, 6.45) is 6.23. The van der Waals surface area contributed by atoms with E-state index in [9.17, 15) is 8.42 Å². The maximum Gasteiger partial charge on any atom is 0.229 e. The van der Waals surface area contributed by atoms with E-state index < -0.39 is 10.0 Å². The molecule has 0 saturated heterocycles. The Morgan fingerprint density at radius 2 is 2.10 bits per heavy atom. The summed E-state index contributed by atoms with van der Waals surface area (Å²) in [6.45, 7) is 2.13. The molecule has 1 aliphatic carbocycles. The molecule has 2 N–H and O–H groups in total. The molecule has 1 saturated carbocycles. The van der Waals surface area contributed by atoms with Crippen LogP contribution in [-0.4, -0.2) is 20.7 Å². The molecule has 0 aliphatic heterocycles. The van der Waals surface area contributed by atoms with Crippen LogP contribution in [0.2, 0.25) is 5.02 Å².